The minimum atomic E-state index is -4.60. The van der Waals surface area contributed by atoms with Gasteiger partial charge in [0.25, 0.3) is 0 Å². The monoisotopic (exact) mass is 408 g/mol. The number of nitrogens with zero attached hydrogens (tertiary/aromatic N) is 1. The molecule has 0 radical (unpaired) electrons. The maximum Gasteiger partial charge on any atom is 0.418 e. The Morgan fingerprint density at radius 3 is 2.39 bits per heavy atom. The summed E-state index contributed by atoms with van der Waals surface area (Å²) in [5.41, 5.74) is -0.847. The molecule has 1 aliphatic heterocycles. The largest absolute Gasteiger partial charge is 0.418 e. The van der Waals surface area contributed by atoms with Crippen LogP contribution in [-0.4, -0.2) is 28.7 Å². The second-order valence-electron chi connectivity index (χ2n) is 6.00. The van der Waals surface area contributed by atoms with Gasteiger partial charge < -0.3 is 5.32 Å². The number of alkyl halides is 3. The average molecular weight is 408 g/mol. The molecule has 9 heteroatoms. The molecule has 1 fully saturated rings. The first-order valence-electron chi connectivity index (χ1n) is 8.27. The molecule has 3 rings (SSSR count). The molecule has 0 spiro atoms. The van der Waals surface area contributed by atoms with E-state index in [9.17, 15) is 27.6 Å². The van der Waals surface area contributed by atoms with Crippen molar-refractivity contribution in [2.45, 2.75) is 17.8 Å². The smallest absolute Gasteiger partial charge is 0.325 e. The first-order valence-corrected chi connectivity index (χ1v) is 9.32. The van der Waals surface area contributed by atoms with Crippen molar-refractivity contribution in [1.82, 2.24) is 0 Å². The summed E-state index contributed by atoms with van der Waals surface area (Å²) in [7, 11) is 0. The molecule has 28 heavy (non-hydrogen) atoms. The van der Waals surface area contributed by atoms with E-state index in [1.807, 2.05) is 0 Å². The number of anilines is 2. The number of rotatable bonds is 5. The van der Waals surface area contributed by atoms with Gasteiger partial charge in [-0.05, 0) is 24.3 Å². The lowest BCUT2D eigenvalue weighted by Crippen LogP contribution is -2.31. The number of thioether (sulfide) groups is 1. The zero-order chi connectivity index (χ0) is 20.3. The summed E-state index contributed by atoms with van der Waals surface area (Å²) in [6, 6.07) is 13.1. The van der Waals surface area contributed by atoms with Gasteiger partial charge in [-0.25, -0.2) is 4.90 Å². The van der Waals surface area contributed by atoms with Crippen LogP contribution in [0.5, 0.6) is 0 Å². The van der Waals surface area contributed by atoms with Gasteiger partial charge in [0, 0.05) is 6.42 Å². The molecule has 1 atom stereocenters. The summed E-state index contributed by atoms with van der Waals surface area (Å²) < 4.78 is 39.0. The van der Waals surface area contributed by atoms with Gasteiger partial charge in [0.2, 0.25) is 17.7 Å². The molecule has 1 N–H and O–H groups in total. The summed E-state index contributed by atoms with van der Waals surface area (Å²) in [6.45, 7) is 0. The number of para-hydroxylation sites is 2. The molecule has 2 aromatic rings. The molecule has 1 aliphatic rings. The maximum atomic E-state index is 13.0. The average Bonchev–Trinajstić information content (AvgIpc) is 2.94. The minimum absolute atomic E-state index is 0.0647. The summed E-state index contributed by atoms with van der Waals surface area (Å²) in [5, 5.41) is 1.47. The maximum absolute atomic E-state index is 13.0. The molecule has 2 aromatic carbocycles. The molecule has 0 aromatic heterocycles. The third-order valence-electron chi connectivity index (χ3n) is 4.04. The molecule has 146 valence electrons. The van der Waals surface area contributed by atoms with Crippen LogP contribution >= 0.6 is 11.8 Å². The van der Waals surface area contributed by atoms with E-state index in [1.54, 1.807) is 30.3 Å². The number of hydrogen-bond acceptors (Lipinski definition) is 4. The molecule has 1 saturated heterocycles. The zero-order valence-corrected chi connectivity index (χ0v) is 15.2. The van der Waals surface area contributed by atoms with E-state index in [0.29, 0.717) is 5.69 Å². The van der Waals surface area contributed by atoms with Gasteiger partial charge >= 0.3 is 6.18 Å². The molecule has 0 aliphatic carbocycles. The normalized spacial score (nSPS) is 17.1. The van der Waals surface area contributed by atoms with Gasteiger partial charge in [-0.2, -0.15) is 13.2 Å². The highest BCUT2D eigenvalue weighted by molar-refractivity contribution is 8.01. The Kier molecular flexibility index (Phi) is 5.73. The van der Waals surface area contributed by atoms with E-state index >= 15 is 0 Å². The van der Waals surface area contributed by atoms with Gasteiger partial charge in [-0.1, -0.05) is 30.3 Å². The van der Waals surface area contributed by atoms with Crippen LogP contribution in [0.1, 0.15) is 12.0 Å². The van der Waals surface area contributed by atoms with Crippen molar-refractivity contribution in [2.24, 2.45) is 0 Å². The highest BCUT2D eigenvalue weighted by atomic mass is 32.2. The molecule has 0 bridgehead atoms. The van der Waals surface area contributed by atoms with Crippen LogP contribution in [0.3, 0.4) is 0 Å². The zero-order valence-electron chi connectivity index (χ0n) is 14.4. The highest BCUT2D eigenvalue weighted by Crippen LogP contribution is 2.35. The minimum Gasteiger partial charge on any atom is -0.325 e. The van der Waals surface area contributed by atoms with Gasteiger partial charge in [0.05, 0.1) is 27.9 Å². The van der Waals surface area contributed by atoms with Crippen LogP contribution in [0.15, 0.2) is 54.6 Å². The summed E-state index contributed by atoms with van der Waals surface area (Å²) in [6.07, 6.45) is -4.66. The molecular formula is C19H15F3N2O3S. The van der Waals surface area contributed by atoms with E-state index in [0.717, 1.165) is 28.8 Å². The summed E-state index contributed by atoms with van der Waals surface area (Å²) in [4.78, 5) is 37.8. The first kappa shape index (κ1) is 19.9. The number of carbonyl (C=O) groups excluding carboxylic acids is 3. The van der Waals surface area contributed by atoms with Gasteiger partial charge in [0.15, 0.2) is 0 Å². The van der Waals surface area contributed by atoms with Crippen molar-refractivity contribution >= 4 is 40.9 Å². The van der Waals surface area contributed by atoms with Crippen LogP contribution < -0.4 is 10.2 Å². The topological polar surface area (TPSA) is 66.5 Å². The number of nitrogens with one attached hydrogen (secondary N) is 1. The van der Waals surface area contributed by atoms with E-state index in [4.69, 9.17) is 0 Å². The predicted molar refractivity (Wildman–Crippen MR) is 99.9 cm³/mol. The van der Waals surface area contributed by atoms with Crippen LogP contribution in [0.25, 0.3) is 0 Å². The lowest BCUT2D eigenvalue weighted by molar-refractivity contribution is -0.137. The van der Waals surface area contributed by atoms with E-state index in [-0.39, 0.29) is 23.8 Å². The van der Waals surface area contributed by atoms with Crippen molar-refractivity contribution in [3.8, 4) is 0 Å². The Hall–Kier alpha value is -2.81. The van der Waals surface area contributed by atoms with Gasteiger partial charge in [-0.3, -0.25) is 14.4 Å². The third-order valence-corrected chi connectivity index (χ3v) is 5.24. The second kappa shape index (κ2) is 8.05. The number of hydrogen-bond donors (Lipinski definition) is 1. The van der Waals surface area contributed by atoms with Crippen molar-refractivity contribution in [1.29, 1.82) is 0 Å². The summed E-state index contributed by atoms with van der Waals surface area (Å²) in [5.74, 6) is -1.75. The Bertz CT molecular complexity index is 903. The van der Waals surface area contributed by atoms with Crippen molar-refractivity contribution < 1.29 is 27.6 Å². The number of carbonyl (C=O) groups is 3. The fourth-order valence-corrected chi connectivity index (χ4v) is 3.72. The van der Waals surface area contributed by atoms with E-state index < -0.39 is 28.8 Å². The number of imide groups is 1. The van der Waals surface area contributed by atoms with Crippen LogP contribution in [-0.2, 0) is 20.6 Å². The Labute approximate surface area is 162 Å². The fourth-order valence-electron chi connectivity index (χ4n) is 2.78. The fraction of sp³-hybridized carbons (Fsp3) is 0.211. The third kappa shape index (κ3) is 4.36. The highest BCUT2D eigenvalue weighted by Gasteiger charge is 2.40. The molecule has 1 unspecified atom stereocenters. The Morgan fingerprint density at radius 1 is 1.07 bits per heavy atom. The molecule has 5 nitrogen and oxygen atoms in total. The molecule has 1 heterocycles. The molecule has 3 amide bonds. The lowest BCUT2D eigenvalue weighted by Gasteiger charge is -2.15. The van der Waals surface area contributed by atoms with Crippen molar-refractivity contribution in [2.75, 3.05) is 16.0 Å². The standard InChI is InChI=1S/C19H15F3N2O3S/c20-19(21,22)13-8-4-5-9-14(13)23-16(25)11-28-15-10-17(26)24(18(15)27)12-6-2-1-3-7-12/h1-9,15H,10-11H2,(H,23,25). The van der Waals surface area contributed by atoms with Gasteiger partial charge in [0.1, 0.15) is 0 Å². The SMILES string of the molecule is O=C(CSC1CC(=O)N(c2ccccc2)C1=O)Nc1ccccc1C(F)(F)F. The first-order chi connectivity index (χ1) is 13.3. The lowest BCUT2D eigenvalue weighted by atomic mass is 10.1. The quantitative estimate of drug-likeness (QED) is 0.766. The molecule has 0 saturated carbocycles. The Balaban J connectivity index is 1.62. The van der Waals surface area contributed by atoms with E-state index in [1.165, 1.54) is 12.1 Å². The number of halogens is 3. The van der Waals surface area contributed by atoms with Crippen LogP contribution in [0, 0.1) is 0 Å². The predicted octanol–water partition coefficient (Wildman–Crippen LogP) is 3.71. The van der Waals surface area contributed by atoms with Gasteiger partial charge in [-0.15, -0.1) is 11.8 Å². The number of benzene rings is 2. The second-order valence-corrected chi connectivity index (χ2v) is 7.19. The summed E-state index contributed by atoms with van der Waals surface area (Å²) >= 11 is 0.930. The van der Waals surface area contributed by atoms with Crippen LogP contribution in [0.2, 0.25) is 0 Å². The Morgan fingerprint density at radius 2 is 1.71 bits per heavy atom. The van der Waals surface area contributed by atoms with Crippen LogP contribution in [0.4, 0.5) is 24.5 Å². The van der Waals surface area contributed by atoms with Crippen molar-refractivity contribution in [3.05, 3.63) is 60.2 Å². The number of amides is 3. The van der Waals surface area contributed by atoms with Crippen molar-refractivity contribution in [3.63, 3.8) is 0 Å². The van der Waals surface area contributed by atoms with E-state index in [2.05, 4.69) is 5.32 Å². The molecular weight excluding hydrogens is 393 g/mol.